The van der Waals surface area contributed by atoms with E-state index in [1.54, 1.807) is 30.3 Å². The van der Waals surface area contributed by atoms with Gasteiger partial charge in [0.15, 0.2) is 5.78 Å². The molecule has 0 aliphatic carbocycles. The first kappa shape index (κ1) is 13.4. The molecule has 0 amide bonds. The molecule has 0 fully saturated rings. The molecule has 4 nitrogen and oxygen atoms in total. The van der Waals surface area contributed by atoms with Crippen LogP contribution < -0.4 is 0 Å². The maximum Gasteiger partial charge on any atom is 0.270 e. The predicted octanol–water partition coefficient (Wildman–Crippen LogP) is 3.72. The average Bonchev–Trinajstić information content (AvgIpc) is 2.46. The molecule has 19 heavy (non-hydrogen) atoms. The van der Waals surface area contributed by atoms with Crippen molar-refractivity contribution in [3.63, 3.8) is 0 Å². The average molecular weight is 320 g/mol. The highest BCUT2D eigenvalue weighted by Crippen LogP contribution is 2.22. The molecule has 0 aliphatic rings. The van der Waals surface area contributed by atoms with E-state index in [9.17, 15) is 14.9 Å². The summed E-state index contributed by atoms with van der Waals surface area (Å²) in [6.45, 7) is 0. The van der Waals surface area contributed by atoms with Crippen molar-refractivity contribution < 1.29 is 9.72 Å². The zero-order chi connectivity index (χ0) is 13.8. The Morgan fingerprint density at radius 2 is 1.84 bits per heavy atom. The first-order valence-corrected chi connectivity index (χ1v) is 6.68. The number of benzene rings is 2. The van der Waals surface area contributed by atoms with Gasteiger partial charge in [0.1, 0.15) is 0 Å². The second-order valence-corrected chi connectivity index (χ2v) is 4.49. The lowest BCUT2D eigenvalue weighted by molar-refractivity contribution is -0.384. The predicted molar refractivity (Wildman–Crippen MR) is 75.6 cm³/mol. The number of hydrogen-bond acceptors (Lipinski definition) is 3. The van der Waals surface area contributed by atoms with E-state index in [2.05, 4.69) is 15.9 Å². The Labute approximate surface area is 118 Å². The highest BCUT2D eigenvalue weighted by Gasteiger charge is 2.17. The minimum Gasteiger partial charge on any atom is -0.289 e. The number of nitro benzene ring substituents is 1. The fraction of sp³-hybridized carbons (Fsp3) is 0.0714. The quantitative estimate of drug-likeness (QED) is 0.373. The van der Waals surface area contributed by atoms with Crippen LogP contribution in [0.4, 0.5) is 5.69 Å². The van der Waals surface area contributed by atoms with E-state index in [1.807, 2.05) is 6.07 Å². The van der Waals surface area contributed by atoms with Crippen molar-refractivity contribution in [1.82, 2.24) is 0 Å². The van der Waals surface area contributed by atoms with Crippen molar-refractivity contribution in [3.8, 4) is 0 Å². The Morgan fingerprint density at radius 3 is 2.42 bits per heavy atom. The van der Waals surface area contributed by atoms with E-state index in [0.29, 0.717) is 16.5 Å². The monoisotopic (exact) mass is 319 g/mol. The molecule has 0 heterocycles. The second kappa shape index (κ2) is 5.75. The summed E-state index contributed by atoms with van der Waals surface area (Å²) in [5, 5.41) is 11.3. The van der Waals surface area contributed by atoms with Gasteiger partial charge in [0.05, 0.1) is 4.92 Å². The maximum atomic E-state index is 12.4. The Kier molecular flexibility index (Phi) is 4.06. The van der Waals surface area contributed by atoms with Crippen molar-refractivity contribution in [3.05, 3.63) is 75.3 Å². The summed E-state index contributed by atoms with van der Waals surface area (Å²) < 4.78 is 0. The number of carbonyl (C=O) groups is 1. The molecular weight excluding hydrogens is 310 g/mol. The van der Waals surface area contributed by atoms with Gasteiger partial charge in [-0.3, -0.25) is 14.9 Å². The highest BCUT2D eigenvalue weighted by atomic mass is 79.9. The summed E-state index contributed by atoms with van der Waals surface area (Å²) in [5.74, 6) is -0.209. The number of halogens is 1. The zero-order valence-corrected chi connectivity index (χ0v) is 11.5. The van der Waals surface area contributed by atoms with Gasteiger partial charge in [-0.15, -0.1) is 0 Å². The molecule has 0 aliphatic heterocycles. The zero-order valence-electron chi connectivity index (χ0n) is 9.88. The van der Waals surface area contributed by atoms with Crippen molar-refractivity contribution in [2.24, 2.45) is 0 Å². The van der Waals surface area contributed by atoms with E-state index in [1.165, 1.54) is 12.1 Å². The van der Waals surface area contributed by atoms with Crippen molar-refractivity contribution in [2.45, 2.75) is 5.33 Å². The van der Waals surface area contributed by atoms with Crippen LogP contribution in [0.5, 0.6) is 0 Å². The third-order valence-electron chi connectivity index (χ3n) is 2.73. The number of ketones is 1. The Morgan fingerprint density at radius 1 is 1.16 bits per heavy atom. The van der Waals surface area contributed by atoms with Crippen molar-refractivity contribution in [1.29, 1.82) is 0 Å². The minimum atomic E-state index is -0.500. The molecule has 5 heteroatoms. The first-order valence-electron chi connectivity index (χ1n) is 5.56. The fourth-order valence-corrected chi connectivity index (χ4v) is 2.24. The van der Waals surface area contributed by atoms with Crippen LogP contribution in [-0.4, -0.2) is 10.7 Å². The van der Waals surface area contributed by atoms with Crippen LogP contribution in [0.2, 0.25) is 0 Å². The SMILES string of the molecule is O=C(c1ccccc1)c1cc([N+](=O)[O-])ccc1CBr. The van der Waals surface area contributed by atoms with E-state index in [0.717, 1.165) is 5.56 Å². The number of alkyl halides is 1. The molecule has 2 rings (SSSR count). The molecule has 0 N–H and O–H groups in total. The molecular formula is C14H10BrNO3. The van der Waals surface area contributed by atoms with Crippen LogP contribution in [0.3, 0.4) is 0 Å². The summed E-state index contributed by atoms with van der Waals surface area (Å²) in [7, 11) is 0. The van der Waals surface area contributed by atoms with Crippen LogP contribution in [0, 0.1) is 10.1 Å². The summed E-state index contributed by atoms with van der Waals surface area (Å²) in [4.78, 5) is 22.7. The Hall–Kier alpha value is -2.01. The Balaban J connectivity index is 2.51. The van der Waals surface area contributed by atoms with Crippen LogP contribution >= 0.6 is 15.9 Å². The lowest BCUT2D eigenvalue weighted by Gasteiger charge is -2.06. The van der Waals surface area contributed by atoms with Gasteiger partial charge in [-0.1, -0.05) is 52.3 Å². The third kappa shape index (κ3) is 2.88. The van der Waals surface area contributed by atoms with Crippen LogP contribution in [0.15, 0.2) is 48.5 Å². The molecule has 0 bridgehead atoms. The fourth-order valence-electron chi connectivity index (χ4n) is 1.75. The minimum absolute atomic E-state index is 0.0796. The summed E-state index contributed by atoms with van der Waals surface area (Å²) in [5.41, 5.74) is 1.53. The molecule has 0 unspecified atom stereocenters. The number of non-ortho nitro benzene ring substituents is 1. The molecule has 0 aromatic heterocycles. The van der Waals surface area contributed by atoms with Gasteiger partial charge >= 0.3 is 0 Å². The van der Waals surface area contributed by atoms with E-state index in [4.69, 9.17) is 0 Å². The highest BCUT2D eigenvalue weighted by molar-refractivity contribution is 9.08. The van der Waals surface area contributed by atoms with Gasteiger partial charge < -0.3 is 0 Å². The summed E-state index contributed by atoms with van der Waals surface area (Å²) in [6, 6.07) is 13.1. The number of rotatable bonds is 4. The second-order valence-electron chi connectivity index (χ2n) is 3.93. The molecule has 0 spiro atoms. The standard InChI is InChI=1S/C14H10BrNO3/c15-9-11-6-7-12(16(18)19)8-13(11)14(17)10-4-2-1-3-5-10/h1-8H,9H2. The van der Waals surface area contributed by atoms with Crippen molar-refractivity contribution in [2.75, 3.05) is 0 Å². The third-order valence-corrected chi connectivity index (χ3v) is 3.33. The molecule has 2 aromatic carbocycles. The van der Waals surface area contributed by atoms with Crippen LogP contribution in [0.1, 0.15) is 21.5 Å². The van der Waals surface area contributed by atoms with Crippen LogP contribution in [-0.2, 0) is 5.33 Å². The normalized spacial score (nSPS) is 10.2. The van der Waals surface area contributed by atoms with E-state index in [-0.39, 0.29) is 11.5 Å². The van der Waals surface area contributed by atoms with Gasteiger partial charge in [0.25, 0.3) is 5.69 Å². The smallest absolute Gasteiger partial charge is 0.270 e. The van der Waals surface area contributed by atoms with Gasteiger partial charge in [0.2, 0.25) is 0 Å². The number of hydrogen-bond donors (Lipinski definition) is 0. The van der Waals surface area contributed by atoms with Gasteiger partial charge in [-0.25, -0.2) is 0 Å². The molecule has 0 saturated heterocycles. The van der Waals surface area contributed by atoms with E-state index >= 15 is 0 Å². The molecule has 0 radical (unpaired) electrons. The molecule has 2 aromatic rings. The lowest BCUT2D eigenvalue weighted by atomic mass is 9.98. The van der Waals surface area contributed by atoms with Crippen molar-refractivity contribution >= 4 is 27.4 Å². The maximum absolute atomic E-state index is 12.4. The summed E-state index contributed by atoms with van der Waals surface area (Å²) >= 11 is 3.29. The topological polar surface area (TPSA) is 60.2 Å². The van der Waals surface area contributed by atoms with Crippen LogP contribution in [0.25, 0.3) is 0 Å². The molecule has 0 saturated carbocycles. The molecule has 96 valence electrons. The number of nitrogens with zero attached hydrogens (tertiary/aromatic N) is 1. The summed E-state index contributed by atoms with van der Waals surface area (Å²) in [6.07, 6.45) is 0. The number of nitro groups is 1. The number of carbonyl (C=O) groups excluding carboxylic acids is 1. The molecule has 0 atom stereocenters. The largest absolute Gasteiger partial charge is 0.289 e. The van der Waals surface area contributed by atoms with Gasteiger partial charge in [0, 0.05) is 28.6 Å². The van der Waals surface area contributed by atoms with Gasteiger partial charge in [-0.2, -0.15) is 0 Å². The van der Waals surface area contributed by atoms with Gasteiger partial charge in [-0.05, 0) is 5.56 Å². The van der Waals surface area contributed by atoms with E-state index < -0.39 is 4.92 Å². The Bertz CT molecular complexity index is 626. The first-order chi connectivity index (χ1) is 9.13. The lowest BCUT2D eigenvalue weighted by Crippen LogP contribution is -2.05.